The average molecular weight is 239 g/mol. The average Bonchev–Trinajstić information content (AvgIpc) is 2.46. The molecule has 0 atom stereocenters. The van der Waals surface area contributed by atoms with Gasteiger partial charge in [0.1, 0.15) is 0 Å². The van der Waals surface area contributed by atoms with Gasteiger partial charge in [-0.25, -0.2) is 0 Å². The zero-order chi connectivity index (χ0) is 12.8. The fourth-order valence-corrected chi connectivity index (χ4v) is 2.07. The molecule has 0 aliphatic carbocycles. The van der Waals surface area contributed by atoms with E-state index in [0.717, 1.165) is 0 Å². The van der Waals surface area contributed by atoms with Crippen molar-refractivity contribution in [1.29, 1.82) is 5.41 Å². The van der Waals surface area contributed by atoms with Crippen LogP contribution in [0.5, 0.6) is 0 Å². The van der Waals surface area contributed by atoms with Crippen molar-refractivity contribution < 1.29 is 4.74 Å². The summed E-state index contributed by atoms with van der Waals surface area (Å²) in [5.74, 6) is 0.493. The highest BCUT2D eigenvalue weighted by molar-refractivity contribution is 5.74. The number of hydrogen-bond donors (Lipinski definition) is 1. The van der Waals surface area contributed by atoms with Crippen LogP contribution in [0.1, 0.15) is 23.5 Å². The van der Waals surface area contributed by atoms with Gasteiger partial charge in [0.25, 0.3) is 0 Å². The predicted molar refractivity (Wildman–Crippen MR) is 74.1 cm³/mol. The van der Waals surface area contributed by atoms with E-state index in [4.69, 9.17) is 10.1 Å². The Kier molecular flexibility index (Phi) is 4.13. The zero-order valence-corrected chi connectivity index (χ0v) is 10.5. The van der Waals surface area contributed by atoms with Gasteiger partial charge in [0.15, 0.2) is 5.90 Å². The fourth-order valence-electron chi connectivity index (χ4n) is 2.07. The van der Waals surface area contributed by atoms with Gasteiger partial charge in [-0.3, -0.25) is 5.41 Å². The van der Waals surface area contributed by atoms with Gasteiger partial charge in [0.05, 0.1) is 7.11 Å². The smallest absolute Gasteiger partial charge is 0.180 e. The monoisotopic (exact) mass is 239 g/mol. The zero-order valence-electron chi connectivity index (χ0n) is 10.5. The lowest BCUT2D eigenvalue weighted by atomic mass is 9.88. The minimum atomic E-state index is 0.180. The molecule has 2 aromatic rings. The lowest BCUT2D eigenvalue weighted by molar-refractivity contribution is 0.383. The highest BCUT2D eigenvalue weighted by Crippen LogP contribution is 2.28. The molecule has 0 saturated carbocycles. The van der Waals surface area contributed by atoms with E-state index in [1.807, 2.05) is 36.4 Å². The Morgan fingerprint density at radius 3 is 1.78 bits per heavy atom. The highest BCUT2D eigenvalue weighted by atomic mass is 16.5. The third-order valence-electron chi connectivity index (χ3n) is 3.04. The SMILES string of the molecule is COC(=N)CC(c1ccccc1)c1ccccc1. The van der Waals surface area contributed by atoms with Gasteiger partial charge < -0.3 is 4.74 Å². The third kappa shape index (κ3) is 2.98. The lowest BCUT2D eigenvalue weighted by Crippen LogP contribution is -2.09. The van der Waals surface area contributed by atoms with Crippen molar-refractivity contribution in [3.05, 3.63) is 71.8 Å². The second kappa shape index (κ2) is 6.01. The van der Waals surface area contributed by atoms with Crippen molar-refractivity contribution >= 4 is 5.90 Å². The first kappa shape index (κ1) is 12.4. The molecule has 0 spiro atoms. The van der Waals surface area contributed by atoms with Gasteiger partial charge in [-0.1, -0.05) is 60.7 Å². The van der Waals surface area contributed by atoms with E-state index in [1.54, 1.807) is 7.11 Å². The molecule has 0 bridgehead atoms. The normalized spacial score (nSPS) is 10.3. The number of hydrogen-bond acceptors (Lipinski definition) is 2. The maximum Gasteiger partial charge on any atom is 0.180 e. The maximum atomic E-state index is 7.74. The van der Waals surface area contributed by atoms with Crippen LogP contribution in [0.3, 0.4) is 0 Å². The molecule has 0 radical (unpaired) electrons. The van der Waals surface area contributed by atoms with Crippen LogP contribution in [-0.2, 0) is 4.74 Å². The Morgan fingerprint density at radius 1 is 0.944 bits per heavy atom. The van der Waals surface area contributed by atoms with Crippen LogP contribution in [0.4, 0.5) is 0 Å². The van der Waals surface area contributed by atoms with Crippen LogP contribution in [0, 0.1) is 5.41 Å². The van der Waals surface area contributed by atoms with Crippen molar-refractivity contribution in [2.45, 2.75) is 12.3 Å². The molecule has 0 fully saturated rings. The summed E-state index contributed by atoms with van der Waals surface area (Å²) in [7, 11) is 1.55. The largest absolute Gasteiger partial charge is 0.484 e. The van der Waals surface area contributed by atoms with Crippen LogP contribution < -0.4 is 0 Å². The second-order valence-corrected chi connectivity index (χ2v) is 4.21. The summed E-state index contributed by atoms with van der Waals surface area (Å²) in [6.07, 6.45) is 0.588. The molecule has 0 aliphatic rings. The second-order valence-electron chi connectivity index (χ2n) is 4.21. The topological polar surface area (TPSA) is 33.1 Å². The molecule has 92 valence electrons. The Bertz CT molecular complexity index is 454. The summed E-state index contributed by atoms with van der Waals surface area (Å²) < 4.78 is 5.01. The van der Waals surface area contributed by atoms with Gasteiger partial charge in [0.2, 0.25) is 0 Å². The van der Waals surface area contributed by atoms with E-state index in [0.29, 0.717) is 12.3 Å². The van der Waals surface area contributed by atoms with E-state index in [-0.39, 0.29) is 5.92 Å². The third-order valence-corrected chi connectivity index (χ3v) is 3.04. The van der Waals surface area contributed by atoms with Crippen molar-refractivity contribution in [3.8, 4) is 0 Å². The summed E-state index contributed by atoms with van der Waals surface area (Å²) in [6.45, 7) is 0. The number of benzene rings is 2. The van der Waals surface area contributed by atoms with Crippen LogP contribution in [0.15, 0.2) is 60.7 Å². The van der Waals surface area contributed by atoms with Crippen LogP contribution >= 0.6 is 0 Å². The van der Waals surface area contributed by atoms with Crippen molar-refractivity contribution in [3.63, 3.8) is 0 Å². The standard InChI is InChI=1S/C16H17NO/c1-18-16(17)12-15(13-8-4-2-5-9-13)14-10-6-3-7-11-14/h2-11,15,17H,12H2,1H3. The molecule has 0 aromatic heterocycles. The quantitative estimate of drug-likeness (QED) is 0.638. The number of rotatable bonds is 4. The summed E-state index contributed by atoms with van der Waals surface area (Å²) in [4.78, 5) is 0. The van der Waals surface area contributed by atoms with Crippen LogP contribution in [0.2, 0.25) is 0 Å². The molecule has 0 unspecified atom stereocenters. The lowest BCUT2D eigenvalue weighted by Gasteiger charge is -2.17. The van der Waals surface area contributed by atoms with Gasteiger partial charge in [-0.15, -0.1) is 0 Å². The molecule has 0 aliphatic heterocycles. The molecular weight excluding hydrogens is 222 g/mol. The molecule has 0 heterocycles. The highest BCUT2D eigenvalue weighted by Gasteiger charge is 2.16. The molecule has 2 heteroatoms. The van der Waals surface area contributed by atoms with E-state index >= 15 is 0 Å². The van der Waals surface area contributed by atoms with E-state index < -0.39 is 0 Å². The minimum absolute atomic E-state index is 0.180. The molecule has 0 saturated heterocycles. The molecule has 2 aromatic carbocycles. The maximum absolute atomic E-state index is 7.74. The van der Waals surface area contributed by atoms with Gasteiger partial charge in [-0.2, -0.15) is 0 Å². The first-order chi connectivity index (χ1) is 8.81. The van der Waals surface area contributed by atoms with E-state index in [2.05, 4.69) is 24.3 Å². The number of ether oxygens (including phenoxy) is 1. The Labute approximate surface area is 108 Å². The number of methoxy groups -OCH3 is 1. The summed E-state index contributed by atoms with van der Waals surface area (Å²) in [5.41, 5.74) is 2.43. The van der Waals surface area contributed by atoms with E-state index in [9.17, 15) is 0 Å². The molecule has 18 heavy (non-hydrogen) atoms. The summed E-state index contributed by atoms with van der Waals surface area (Å²) in [5, 5.41) is 7.74. The van der Waals surface area contributed by atoms with Crippen molar-refractivity contribution in [1.82, 2.24) is 0 Å². The summed E-state index contributed by atoms with van der Waals surface area (Å²) >= 11 is 0. The first-order valence-electron chi connectivity index (χ1n) is 6.02. The summed E-state index contributed by atoms with van der Waals surface area (Å²) in [6, 6.07) is 20.5. The molecule has 2 rings (SSSR count). The van der Waals surface area contributed by atoms with Crippen molar-refractivity contribution in [2.24, 2.45) is 0 Å². The Balaban J connectivity index is 2.32. The molecule has 1 N–H and O–H groups in total. The van der Waals surface area contributed by atoms with Crippen molar-refractivity contribution in [2.75, 3.05) is 7.11 Å². The number of nitrogens with one attached hydrogen (secondary N) is 1. The predicted octanol–water partition coefficient (Wildman–Crippen LogP) is 3.83. The molecule has 0 amide bonds. The Hall–Kier alpha value is -2.09. The van der Waals surface area contributed by atoms with Gasteiger partial charge in [0, 0.05) is 12.3 Å². The first-order valence-corrected chi connectivity index (χ1v) is 6.02. The van der Waals surface area contributed by atoms with Crippen LogP contribution in [0.25, 0.3) is 0 Å². The van der Waals surface area contributed by atoms with Crippen LogP contribution in [-0.4, -0.2) is 13.0 Å². The van der Waals surface area contributed by atoms with E-state index in [1.165, 1.54) is 11.1 Å². The molecule has 2 nitrogen and oxygen atoms in total. The Morgan fingerprint density at radius 2 is 1.39 bits per heavy atom. The van der Waals surface area contributed by atoms with Gasteiger partial charge in [-0.05, 0) is 11.1 Å². The van der Waals surface area contributed by atoms with Gasteiger partial charge >= 0.3 is 0 Å². The molecular formula is C16H17NO. The minimum Gasteiger partial charge on any atom is -0.484 e. The fraction of sp³-hybridized carbons (Fsp3) is 0.188.